The molecule has 0 spiro atoms. The number of ether oxygens (including phenoxy) is 2. The number of aliphatic carboxylic acids is 2. The Morgan fingerprint density at radius 1 is 1.00 bits per heavy atom. The first kappa shape index (κ1) is 30.1. The van der Waals surface area contributed by atoms with Gasteiger partial charge in [-0.15, -0.1) is 0 Å². The van der Waals surface area contributed by atoms with Gasteiger partial charge in [0, 0.05) is 62.5 Å². The summed E-state index contributed by atoms with van der Waals surface area (Å²) in [7, 11) is 0. The molecular weight excluding hydrogens is 517 g/mol. The van der Waals surface area contributed by atoms with Crippen LogP contribution in [0.1, 0.15) is 30.9 Å². The molecule has 11 heteroatoms. The highest BCUT2D eigenvalue weighted by molar-refractivity contribution is 5.89. The molecule has 2 saturated heterocycles. The third-order valence-corrected chi connectivity index (χ3v) is 6.59. The highest BCUT2D eigenvalue weighted by Crippen LogP contribution is 2.38. The Labute approximate surface area is 225 Å². The van der Waals surface area contributed by atoms with Crippen molar-refractivity contribution in [2.24, 2.45) is 0 Å². The maximum atomic E-state index is 13.0. The lowest BCUT2D eigenvalue weighted by atomic mass is 10.0. The molecule has 2 aliphatic heterocycles. The molecule has 2 atom stereocenters. The van der Waals surface area contributed by atoms with Crippen LogP contribution in [0.3, 0.4) is 0 Å². The highest BCUT2D eigenvalue weighted by Gasteiger charge is 2.41. The molecule has 0 amide bonds. The van der Waals surface area contributed by atoms with Crippen molar-refractivity contribution in [1.82, 2.24) is 4.90 Å². The van der Waals surface area contributed by atoms with Gasteiger partial charge in [-0.3, -0.25) is 4.90 Å². The maximum absolute atomic E-state index is 13.0. The summed E-state index contributed by atoms with van der Waals surface area (Å²) in [6.07, 6.45) is -1.53. The summed E-state index contributed by atoms with van der Waals surface area (Å²) >= 11 is 0. The average molecular weight is 551 g/mol. The first-order valence-corrected chi connectivity index (χ1v) is 12.7. The number of nitrogens with zero attached hydrogens (tertiary/aromatic N) is 2. The van der Waals surface area contributed by atoms with Gasteiger partial charge in [0.25, 0.3) is 0 Å². The number of carbonyl (C=O) groups is 2. The lowest BCUT2D eigenvalue weighted by Gasteiger charge is -2.36. The summed E-state index contributed by atoms with van der Waals surface area (Å²) in [5.74, 6) is -3.17. The Bertz CT molecular complexity index is 1100. The van der Waals surface area contributed by atoms with Crippen LogP contribution in [0.2, 0.25) is 0 Å². The molecule has 0 saturated carbocycles. The molecule has 0 aromatic heterocycles. The van der Waals surface area contributed by atoms with Crippen LogP contribution in [-0.4, -0.2) is 72.5 Å². The Balaban J connectivity index is 0.000000459. The predicted octanol–water partition coefficient (Wildman–Crippen LogP) is 4.61. The van der Waals surface area contributed by atoms with E-state index in [2.05, 4.69) is 11.8 Å². The van der Waals surface area contributed by atoms with Crippen LogP contribution in [0.15, 0.2) is 66.7 Å². The van der Waals surface area contributed by atoms with Gasteiger partial charge in [0.2, 0.25) is 0 Å². The lowest BCUT2D eigenvalue weighted by molar-refractivity contribution is -0.179. The van der Waals surface area contributed by atoms with Gasteiger partial charge in [-0.25, -0.2) is 9.59 Å². The zero-order valence-electron chi connectivity index (χ0n) is 21.6. The van der Waals surface area contributed by atoms with Crippen LogP contribution in [0.5, 0.6) is 0 Å². The van der Waals surface area contributed by atoms with Crippen molar-refractivity contribution in [2.45, 2.75) is 37.8 Å². The minimum Gasteiger partial charge on any atom is -0.478 e. The SMILES string of the molecule is CCC1(c2ccccc2)OCC(CCN2CCN(c3cccc(C(F)(F)F)c3)CC2)O1.O=C(O)C=CC(=O)O. The zero-order valence-corrected chi connectivity index (χ0v) is 21.6. The van der Waals surface area contributed by atoms with Gasteiger partial charge in [0.05, 0.1) is 18.3 Å². The lowest BCUT2D eigenvalue weighted by Crippen LogP contribution is -2.47. The number of anilines is 1. The average Bonchev–Trinajstić information content (AvgIpc) is 3.36. The minimum absolute atomic E-state index is 0.0432. The number of hydrogen-bond acceptors (Lipinski definition) is 6. The Morgan fingerprint density at radius 2 is 1.64 bits per heavy atom. The molecule has 2 N–H and O–H groups in total. The quantitative estimate of drug-likeness (QED) is 0.460. The second-order valence-electron chi connectivity index (χ2n) is 9.20. The van der Waals surface area contributed by atoms with Crippen LogP contribution in [0.4, 0.5) is 18.9 Å². The van der Waals surface area contributed by atoms with Crippen molar-refractivity contribution in [1.29, 1.82) is 0 Å². The van der Waals surface area contributed by atoms with E-state index < -0.39 is 29.5 Å². The van der Waals surface area contributed by atoms with Crippen molar-refractivity contribution in [3.05, 3.63) is 77.9 Å². The summed E-state index contributed by atoms with van der Waals surface area (Å²) in [5, 5.41) is 15.6. The van der Waals surface area contributed by atoms with Gasteiger partial charge >= 0.3 is 18.1 Å². The normalized spacial score (nSPS) is 21.9. The van der Waals surface area contributed by atoms with Crippen molar-refractivity contribution in [3.8, 4) is 0 Å². The molecule has 39 heavy (non-hydrogen) atoms. The molecule has 2 heterocycles. The van der Waals surface area contributed by atoms with Crippen LogP contribution in [0.25, 0.3) is 0 Å². The molecule has 2 aromatic rings. The highest BCUT2D eigenvalue weighted by atomic mass is 19.4. The first-order valence-electron chi connectivity index (χ1n) is 12.7. The fraction of sp³-hybridized carbons (Fsp3) is 0.429. The van der Waals surface area contributed by atoms with Gasteiger partial charge in [-0.1, -0.05) is 43.3 Å². The Morgan fingerprint density at radius 3 is 2.21 bits per heavy atom. The molecule has 0 radical (unpaired) electrons. The number of piperazine rings is 1. The van der Waals surface area contributed by atoms with E-state index in [1.807, 2.05) is 35.2 Å². The molecule has 0 aliphatic carbocycles. The summed E-state index contributed by atoms with van der Waals surface area (Å²) in [6, 6.07) is 15.7. The minimum atomic E-state index is -4.31. The summed E-state index contributed by atoms with van der Waals surface area (Å²) in [6.45, 7) is 6.61. The smallest absolute Gasteiger partial charge is 0.416 e. The van der Waals surface area contributed by atoms with Gasteiger partial charge in [0.1, 0.15) is 0 Å². The van der Waals surface area contributed by atoms with Crippen LogP contribution in [0, 0.1) is 0 Å². The third kappa shape index (κ3) is 8.81. The Kier molecular flexibility index (Phi) is 10.5. The summed E-state index contributed by atoms with van der Waals surface area (Å²) in [5.41, 5.74) is 1.09. The second-order valence-corrected chi connectivity index (χ2v) is 9.20. The monoisotopic (exact) mass is 550 g/mol. The molecule has 4 rings (SSSR count). The van der Waals surface area contributed by atoms with E-state index in [-0.39, 0.29) is 6.10 Å². The molecule has 212 valence electrons. The van der Waals surface area contributed by atoms with Gasteiger partial charge in [-0.05, 0) is 24.6 Å². The van der Waals surface area contributed by atoms with Crippen LogP contribution in [-0.2, 0) is 31.0 Å². The van der Waals surface area contributed by atoms with E-state index in [0.29, 0.717) is 37.5 Å². The number of hydrogen-bond donors (Lipinski definition) is 2. The Hall–Kier alpha value is -3.41. The van der Waals surface area contributed by atoms with Crippen molar-refractivity contribution < 1.29 is 42.4 Å². The first-order chi connectivity index (χ1) is 18.5. The number of carboxylic acids is 2. The van der Waals surface area contributed by atoms with E-state index >= 15 is 0 Å². The van der Waals surface area contributed by atoms with E-state index in [0.717, 1.165) is 44.1 Å². The third-order valence-electron chi connectivity index (χ3n) is 6.59. The number of alkyl halides is 3. The van der Waals surface area contributed by atoms with Gasteiger partial charge in [0.15, 0.2) is 5.79 Å². The standard InChI is InChI=1S/C24H29F3N2O2.C4H4O4/c1-2-23(19-7-4-3-5-8-19)30-18-22(31-23)11-12-28-13-15-29(16-14-28)21-10-6-9-20(17-21)24(25,26)27;5-3(6)1-2-4(7)8/h3-10,17,22H,2,11-16,18H2,1H3;1-2H,(H,5,6)(H,7,8). The maximum Gasteiger partial charge on any atom is 0.416 e. The largest absolute Gasteiger partial charge is 0.478 e. The fourth-order valence-electron chi connectivity index (χ4n) is 4.52. The molecule has 2 aromatic carbocycles. The summed E-state index contributed by atoms with van der Waals surface area (Å²) in [4.78, 5) is 23.5. The number of halogens is 3. The van der Waals surface area contributed by atoms with Crippen molar-refractivity contribution >= 4 is 17.6 Å². The molecule has 0 bridgehead atoms. The molecule has 2 unspecified atom stereocenters. The molecule has 8 nitrogen and oxygen atoms in total. The van der Waals surface area contributed by atoms with Crippen molar-refractivity contribution in [3.63, 3.8) is 0 Å². The van der Waals surface area contributed by atoms with Crippen LogP contribution < -0.4 is 4.90 Å². The van der Waals surface area contributed by atoms with Gasteiger partial charge in [-0.2, -0.15) is 13.2 Å². The molecular formula is C28H33F3N2O6. The van der Waals surface area contributed by atoms with E-state index in [4.69, 9.17) is 19.7 Å². The topological polar surface area (TPSA) is 99.5 Å². The zero-order chi connectivity index (χ0) is 28.5. The molecule has 2 fully saturated rings. The van der Waals surface area contributed by atoms with Crippen molar-refractivity contribution in [2.75, 3.05) is 44.2 Å². The van der Waals surface area contributed by atoms with Gasteiger partial charge < -0.3 is 24.6 Å². The fourth-order valence-corrected chi connectivity index (χ4v) is 4.52. The number of rotatable bonds is 8. The van der Waals surface area contributed by atoms with Crippen LogP contribution >= 0.6 is 0 Å². The van der Waals surface area contributed by atoms with E-state index in [9.17, 15) is 22.8 Å². The summed E-state index contributed by atoms with van der Waals surface area (Å²) < 4.78 is 51.4. The second kappa shape index (κ2) is 13.6. The van der Waals surface area contributed by atoms with E-state index in [1.165, 1.54) is 12.1 Å². The van der Waals surface area contributed by atoms with E-state index in [1.54, 1.807) is 6.07 Å². The number of benzene rings is 2. The number of carboxylic acid groups (broad SMARTS) is 2. The molecule has 2 aliphatic rings. The predicted molar refractivity (Wildman–Crippen MR) is 138 cm³/mol.